The average molecular weight is 253 g/mol. The monoisotopic (exact) mass is 253 g/mol. The summed E-state index contributed by atoms with van der Waals surface area (Å²) in [5, 5.41) is 8.30. The van der Waals surface area contributed by atoms with E-state index < -0.39 is 0 Å². The molecule has 0 amide bonds. The van der Waals surface area contributed by atoms with Gasteiger partial charge in [-0.05, 0) is 32.9 Å². The summed E-state index contributed by atoms with van der Waals surface area (Å²) in [5.74, 6) is 0. The van der Waals surface area contributed by atoms with E-state index in [1.807, 2.05) is 51.1 Å². The summed E-state index contributed by atoms with van der Waals surface area (Å²) in [6.07, 6.45) is 0. The van der Waals surface area contributed by atoms with Gasteiger partial charge in [-0.2, -0.15) is 5.10 Å². The molecule has 2 aromatic heterocycles. The molecule has 0 radical (unpaired) electrons. The number of fused-ring (bicyclic) bond motifs is 1. The van der Waals surface area contributed by atoms with E-state index in [-0.39, 0.29) is 5.56 Å². The van der Waals surface area contributed by atoms with Crippen LogP contribution in [0.3, 0.4) is 0 Å². The zero-order valence-electron chi connectivity index (χ0n) is 11.2. The summed E-state index contributed by atoms with van der Waals surface area (Å²) in [5.41, 5.74) is 3.79. The molecule has 1 N–H and O–H groups in total. The molecule has 1 aromatic carbocycles. The average Bonchev–Trinajstić information content (AvgIpc) is 2.68. The summed E-state index contributed by atoms with van der Waals surface area (Å²) in [7, 11) is 0. The summed E-state index contributed by atoms with van der Waals surface area (Å²) in [6.45, 7) is 5.91. The first-order valence-electron chi connectivity index (χ1n) is 6.23. The van der Waals surface area contributed by atoms with E-state index in [2.05, 4.69) is 14.8 Å². The van der Waals surface area contributed by atoms with Gasteiger partial charge in [0.1, 0.15) is 0 Å². The van der Waals surface area contributed by atoms with Crippen LogP contribution >= 0.6 is 0 Å². The van der Waals surface area contributed by atoms with Gasteiger partial charge < -0.3 is 4.57 Å². The largest absolute Gasteiger partial charge is 0.317 e. The predicted octanol–water partition coefficient (Wildman–Crippen LogP) is 2.64. The van der Waals surface area contributed by atoms with Crippen molar-refractivity contribution in [2.45, 2.75) is 20.8 Å². The third-order valence-electron chi connectivity index (χ3n) is 3.57. The minimum Gasteiger partial charge on any atom is -0.317 e. The van der Waals surface area contributed by atoms with Crippen LogP contribution in [0.1, 0.15) is 17.1 Å². The summed E-state index contributed by atoms with van der Waals surface area (Å²) >= 11 is 0. The summed E-state index contributed by atoms with van der Waals surface area (Å²) in [6, 6.07) is 10.0. The Morgan fingerprint density at radius 3 is 2.26 bits per heavy atom. The van der Waals surface area contributed by atoms with Gasteiger partial charge >= 0.3 is 0 Å². The van der Waals surface area contributed by atoms with Crippen molar-refractivity contribution in [3.8, 4) is 5.69 Å². The Bertz CT molecular complexity index is 813. The Kier molecular flexibility index (Phi) is 2.52. The van der Waals surface area contributed by atoms with Crippen molar-refractivity contribution in [1.82, 2.24) is 14.8 Å². The van der Waals surface area contributed by atoms with Crippen LogP contribution in [0, 0.1) is 20.8 Å². The van der Waals surface area contributed by atoms with Gasteiger partial charge in [0.05, 0.1) is 11.1 Å². The lowest BCUT2D eigenvalue weighted by molar-refractivity contribution is 0.970. The Balaban J connectivity index is 2.49. The smallest absolute Gasteiger partial charge is 0.273 e. The van der Waals surface area contributed by atoms with Crippen molar-refractivity contribution < 1.29 is 0 Å². The highest BCUT2D eigenvalue weighted by Gasteiger charge is 2.17. The first kappa shape index (κ1) is 11.7. The third kappa shape index (κ3) is 1.60. The number of para-hydroxylation sites is 1. The van der Waals surface area contributed by atoms with Gasteiger partial charge in [0, 0.05) is 22.5 Å². The van der Waals surface area contributed by atoms with Gasteiger partial charge in [0.2, 0.25) is 0 Å². The minimum absolute atomic E-state index is 0.129. The highest BCUT2D eigenvalue weighted by Crippen LogP contribution is 2.27. The Morgan fingerprint density at radius 2 is 1.63 bits per heavy atom. The van der Waals surface area contributed by atoms with Crippen molar-refractivity contribution in [2.24, 2.45) is 0 Å². The van der Waals surface area contributed by atoms with E-state index in [0.717, 1.165) is 33.5 Å². The maximum atomic E-state index is 12.0. The third-order valence-corrected chi connectivity index (χ3v) is 3.57. The van der Waals surface area contributed by atoms with Gasteiger partial charge in [-0.1, -0.05) is 18.2 Å². The zero-order chi connectivity index (χ0) is 13.6. The number of H-pyrrole nitrogens is 1. The molecule has 0 saturated heterocycles. The van der Waals surface area contributed by atoms with Crippen LogP contribution in [-0.4, -0.2) is 14.8 Å². The molecule has 4 heteroatoms. The topological polar surface area (TPSA) is 50.7 Å². The molecule has 0 aliphatic heterocycles. The Hall–Kier alpha value is -2.36. The fourth-order valence-corrected chi connectivity index (χ4v) is 2.77. The van der Waals surface area contributed by atoms with Crippen LogP contribution in [-0.2, 0) is 0 Å². The minimum atomic E-state index is -0.129. The van der Waals surface area contributed by atoms with Crippen LogP contribution in [0.4, 0.5) is 0 Å². The van der Waals surface area contributed by atoms with Gasteiger partial charge in [0.25, 0.3) is 5.56 Å². The normalized spacial score (nSPS) is 11.1. The number of nitrogens with one attached hydrogen (secondary N) is 1. The van der Waals surface area contributed by atoms with Crippen LogP contribution in [0.2, 0.25) is 0 Å². The second-order valence-corrected chi connectivity index (χ2v) is 4.73. The second kappa shape index (κ2) is 4.09. The van der Waals surface area contributed by atoms with Crippen LogP contribution in [0.25, 0.3) is 16.5 Å². The van der Waals surface area contributed by atoms with E-state index in [1.165, 1.54) is 0 Å². The van der Waals surface area contributed by atoms with Crippen molar-refractivity contribution in [3.63, 3.8) is 0 Å². The molecule has 0 bridgehead atoms. The van der Waals surface area contributed by atoms with Crippen LogP contribution in [0.15, 0.2) is 35.1 Å². The van der Waals surface area contributed by atoms with Crippen LogP contribution < -0.4 is 5.56 Å². The molecule has 0 saturated carbocycles. The number of rotatable bonds is 1. The van der Waals surface area contributed by atoms with Gasteiger partial charge in [0.15, 0.2) is 0 Å². The van der Waals surface area contributed by atoms with E-state index in [1.54, 1.807) is 0 Å². The zero-order valence-corrected chi connectivity index (χ0v) is 11.2. The number of benzene rings is 1. The summed E-state index contributed by atoms with van der Waals surface area (Å²) in [4.78, 5) is 12.0. The SMILES string of the molecule is Cc1n[nH]c(=O)c2c(C)n(-c3ccccc3)c(C)c12. The lowest BCUT2D eigenvalue weighted by atomic mass is 10.2. The number of hydrogen-bond donors (Lipinski definition) is 1. The lowest BCUT2D eigenvalue weighted by Crippen LogP contribution is -2.09. The highest BCUT2D eigenvalue weighted by atomic mass is 16.1. The molecule has 0 fully saturated rings. The number of aromatic amines is 1. The van der Waals surface area contributed by atoms with E-state index >= 15 is 0 Å². The molecule has 0 unspecified atom stereocenters. The molecule has 3 rings (SSSR count). The number of hydrogen-bond acceptors (Lipinski definition) is 2. The maximum Gasteiger partial charge on any atom is 0.273 e. The molecular formula is C15H15N3O. The molecule has 4 nitrogen and oxygen atoms in total. The van der Waals surface area contributed by atoms with Gasteiger partial charge in [-0.15, -0.1) is 0 Å². The molecule has 0 aliphatic rings. The Labute approximate surface area is 110 Å². The molecule has 0 aliphatic carbocycles. The molecular weight excluding hydrogens is 238 g/mol. The molecule has 19 heavy (non-hydrogen) atoms. The van der Waals surface area contributed by atoms with E-state index in [9.17, 15) is 4.79 Å². The van der Waals surface area contributed by atoms with E-state index in [0.29, 0.717) is 0 Å². The molecule has 96 valence electrons. The lowest BCUT2D eigenvalue weighted by Gasteiger charge is -2.08. The number of aromatic nitrogens is 3. The number of nitrogens with zero attached hydrogens (tertiary/aromatic N) is 2. The quantitative estimate of drug-likeness (QED) is 0.724. The van der Waals surface area contributed by atoms with Crippen LogP contribution in [0.5, 0.6) is 0 Å². The fraction of sp³-hybridized carbons (Fsp3) is 0.200. The standard InChI is InChI=1S/C15H15N3O/c1-9-13-10(2)18(12-7-5-4-6-8-12)11(3)14(13)15(19)17-16-9/h4-8H,1-3H3,(H,17,19). The van der Waals surface area contributed by atoms with Gasteiger partial charge in [-0.3, -0.25) is 4.79 Å². The predicted molar refractivity (Wildman–Crippen MR) is 75.9 cm³/mol. The Morgan fingerprint density at radius 1 is 1.00 bits per heavy atom. The van der Waals surface area contributed by atoms with Gasteiger partial charge in [-0.25, -0.2) is 5.10 Å². The van der Waals surface area contributed by atoms with Crippen molar-refractivity contribution in [1.29, 1.82) is 0 Å². The first-order chi connectivity index (χ1) is 9.11. The second-order valence-electron chi connectivity index (χ2n) is 4.73. The molecule has 2 heterocycles. The molecule has 3 aromatic rings. The fourth-order valence-electron chi connectivity index (χ4n) is 2.77. The van der Waals surface area contributed by atoms with Crippen molar-refractivity contribution >= 4 is 10.8 Å². The maximum absolute atomic E-state index is 12.0. The molecule has 0 atom stereocenters. The first-order valence-corrected chi connectivity index (χ1v) is 6.23. The highest BCUT2D eigenvalue weighted by molar-refractivity contribution is 5.90. The molecule has 0 spiro atoms. The van der Waals surface area contributed by atoms with Crippen molar-refractivity contribution in [2.75, 3.05) is 0 Å². The van der Waals surface area contributed by atoms with E-state index in [4.69, 9.17) is 0 Å². The van der Waals surface area contributed by atoms with Crippen molar-refractivity contribution in [3.05, 3.63) is 57.8 Å². The summed E-state index contributed by atoms with van der Waals surface area (Å²) < 4.78 is 2.11. The number of aryl methyl sites for hydroxylation is 3.